The zero-order valence-corrected chi connectivity index (χ0v) is 11.9. The standard InChI is InChI=1S/C14H19ClF3N/c1-10(6-5-9-14(16,17)18)19-11(2)12-7-3-4-8-13(12)15/h3-4,7-8,10-11,19H,5-6,9H2,1-2H3/t10?,11-/m1/s1. The van der Waals surface area contributed by atoms with E-state index < -0.39 is 12.6 Å². The maximum absolute atomic E-state index is 12.0. The van der Waals surface area contributed by atoms with Crippen LogP contribution in [-0.4, -0.2) is 12.2 Å². The van der Waals surface area contributed by atoms with Gasteiger partial charge in [-0.2, -0.15) is 13.2 Å². The molecule has 19 heavy (non-hydrogen) atoms. The van der Waals surface area contributed by atoms with Crippen molar-refractivity contribution in [1.29, 1.82) is 0 Å². The Balaban J connectivity index is 2.40. The molecule has 0 saturated heterocycles. The molecule has 1 unspecified atom stereocenters. The minimum atomic E-state index is -4.06. The Morgan fingerprint density at radius 2 is 1.84 bits per heavy atom. The summed E-state index contributed by atoms with van der Waals surface area (Å²) in [5.74, 6) is 0. The molecule has 0 aromatic heterocycles. The molecule has 1 N–H and O–H groups in total. The van der Waals surface area contributed by atoms with Crippen LogP contribution in [0.4, 0.5) is 13.2 Å². The number of nitrogens with one attached hydrogen (secondary N) is 1. The van der Waals surface area contributed by atoms with Gasteiger partial charge >= 0.3 is 6.18 Å². The lowest BCUT2D eigenvalue weighted by Crippen LogP contribution is -2.29. The molecule has 0 radical (unpaired) electrons. The smallest absolute Gasteiger partial charge is 0.308 e. The van der Waals surface area contributed by atoms with E-state index in [1.807, 2.05) is 38.1 Å². The lowest BCUT2D eigenvalue weighted by Gasteiger charge is -2.21. The molecule has 0 bridgehead atoms. The quantitative estimate of drug-likeness (QED) is 0.768. The van der Waals surface area contributed by atoms with Crippen molar-refractivity contribution in [3.05, 3.63) is 34.9 Å². The fourth-order valence-electron chi connectivity index (χ4n) is 2.03. The first-order valence-electron chi connectivity index (χ1n) is 6.37. The van der Waals surface area contributed by atoms with Gasteiger partial charge in [0.05, 0.1) is 0 Å². The van der Waals surface area contributed by atoms with Gasteiger partial charge in [-0.25, -0.2) is 0 Å². The summed E-state index contributed by atoms with van der Waals surface area (Å²) in [6, 6.07) is 7.52. The fourth-order valence-corrected chi connectivity index (χ4v) is 2.33. The maximum atomic E-state index is 12.0. The number of rotatable bonds is 6. The normalized spacial score (nSPS) is 15.3. The molecular weight excluding hydrogens is 275 g/mol. The Morgan fingerprint density at radius 1 is 1.21 bits per heavy atom. The molecule has 0 amide bonds. The summed E-state index contributed by atoms with van der Waals surface area (Å²) >= 11 is 6.08. The SMILES string of the molecule is CC(CCCC(F)(F)F)N[C@H](C)c1ccccc1Cl. The van der Waals surface area contributed by atoms with Crippen LogP contribution in [0.15, 0.2) is 24.3 Å². The summed E-state index contributed by atoms with van der Waals surface area (Å²) in [6.07, 6.45) is -4.14. The lowest BCUT2D eigenvalue weighted by molar-refractivity contribution is -0.135. The van der Waals surface area contributed by atoms with Crippen LogP contribution >= 0.6 is 11.6 Å². The second-order valence-electron chi connectivity index (χ2n) is 4.82. The van der Waals surface area contributed by atoms with Crippen molar-refractivity contribution in [2.75, 3.05) is 0 Å². The minimum Gasteiger partial charge on any atom is -0.308 e. The Morgan fingerprint density at radius 3 is 2.42 bits per heavy atom. The summed E-state index contributed by atoms with van der Waals surface area (Å²) in [5.41, 5.74) is 0.965. The molecule has 0 heterocycles. The zero-order valence-electron chi connectivity index (χ0n) is 11.1. The predicted octanol–water partition coefficient (Wildman–Crippen LogP) is 5.11. The first kappa shape index (κ1) is 16.3. The highest BCUT2D eigenvalue weighted by Gasteiger charge is 2.26. The van der Waals surface area contributed by atoms with Gasteiger partial charge < -0.3 is 5.32 Å². The topological polar surface area (TPSA) is 12.0 Å². The summed E-state index contributed by atoms with van der Waals surface area (Å²) in [7, 11) is 0. The van der Waals surface area contributed by atoms with Crippen LogP contribution in [-0.2, 0) is 0 Å². The highest BCUT2D eigenvalue weighted by atomic mass is 35.5. The van der Waals surface area contributed by atoms with Gasteiger partial charge in [-0.1, -0.05) is 29.8 Å². The van der Waals surface area contributed by atoms with E-state index in [9.17, 15) is 13.2 Å². The molecule has 0 aliphatic rings. The van der Waals surface area contributed by atoms with E-state index in [2.05, 4.69) is 5.32 Å². The molecule has 1 nitrogen and oxygen atoms in total. The Hall–Kier alpha value is -0.740. The third-order valence-electron chi connectivity index (χ3n) is 3.00. The molecule has 0 saturated carbocycles. The van der Waals surface area contributed by atoms with E-state index in [0.29, 0.717) is 11.4 Å². The first-order chi connectivity index (χ1) is 8.79. The molecule has 108 valence electrons. The van der Waals surface area contributed by atoms with Crippen LogP contribution in [0.3, 0.4) is 0 Å². The number of benzene rings is 1. The highest BCUT2D eigenvalue weighted by Crippen LogP contribution is 2.25. The highest BCUT2D eigenvalue weighted by molar-refractivity contribution is 6.31. The second kappa shape index (κ2) is 7.15. The monoisotopic (exact) mass is 293 g/mol. The average molecular weight is 294 g/mol. The molecule has 5 heteroatoms. The third kappa shape index (κ3) is 6.30. The van der Waals surface area contributed by atoms with Gasteiger partial charge in [-0.05, 0) is 38.3 Å². The van der Waals surface area contributed by atoms with Crippen LogP contribution in [0.2, 0.25) is 5.02 Å². The summed E-state index contributed by atoms with van der Waals surface area (Å²) in [4.78, 5) is 0. The number of alkyl halides is 3. The molecule has 1 rings (SSSR count). The van der Waals surface area contributed by atoms with Crippen molar-refractivity contribution in [2.24, 2.45) is 0 Å². The fraction of sp³-hybridized carbons (Fsp3) is 0.571. The maximum Gasteiger partial charge on any atom is 0.389 e. The van der Waals surface area contributed by atoms with Crippen molar-refractivity contribution in [3.63, 3.8) is 0 Å². The van der Waals surface area contributed by atoms with Gasteiger partial charge in [-0.15, -0.1) is 0 Å². The first-order valence-corrected chi connectivity index (χ1v) is 6.74. The van der Waals surface area contributed by atoms with Crippen molar-refractivity contribution in [2.45, 2.75) is 51.4 Å². The number of hydrogen-bond donors (Lipinski definition) is 1. The van der Waals surface area contributed by atoms with E-state index in [1.54, 1.807) is 0 Å². The number of hydrogen-bond acceptors (Lipinski definition) is 1. The van der Waals surface area contributed by atoms with Crippen molar-refractivity contribution >= 4 is 11.6 Å². The zero-order chi connectivity index (χ0) is 14.5. The molecule has 0 aliphatic carbocycles. The van der Waals surface area contributed by atoms with E-state index in [0.717, 1.165) is 5.56 Å². The van der Waals surface area contributed by atoms with Crippen LogP contribution in [0, 0.1) is 0 Å². The summed E-state index contributed by atoms with van der Waals surface area (Å²) in [5, 5.41) is 3.94. The summed E-state index contributed by atoms with van der Waals surface area (Å²) in [6.45, 7) is 3.85. The number of halogens is 4. The van der Waals surface area contributed by atoms with Crippen LogP contribution in [0.25, 0.3) is 0 Å². The Labute approximate surface area is 117 Å². The molecule has 0 fully saturated rings. The van der Waals surface area contributed by atoms with Gasteiger partial charge in [0.1, 0.15) is 0 Å². The second-order valence-corrected chi connectivity index (χ2v) is 5.23. The van der Waals surface area contributed by atoms with Crippen LogP contribution in [0.5, 0.6) is 0 Å². The van der Waals surface area contributed by atoms with Gasteiger partial charge in [0.15, 0.2) is 0 Å². The van der Waals surface area contributed by atoms with E-state index in [4.69, 9.17) is 11.6 Å². The molecule has 0 spiro atoms. The van der Waals surface area contributed by atoms with Crippen molar-refractivity contribution in [3.8, 4) is 0 Å². The van der Waals surface area contributed by atoms with E-state index in [-0.39, 0.29) is 18.5 Å². The third-order valence-corrected chi connectivity index (χ3v) is 3.35. The van der Waals surface area contributed by atoms with Gasteiger partial charge in [-0.3, -0.25) is 0 Å². The van der Waals surface area contributed by atoms with Crippen molar-refractivity contribution in [1.82, 2.24) is 5.32 Å². The Kier molecular flexibility index (Phi) is 6.14. The van der Waals surface area contributed by atoms with Gasteiger partial charge in [0, 0.05) is 23.5 Å². The van der Waals surface area contributed by atoms with Gasteiger partial charge in [0.2, 0.25) is 0 Å². The summed E-state index contributed by atoms with van der Waals surface area (Å²) < 4.78 is 36.1. The predicted molar refractivity (Wildman–Crippen MR) is 72.4 cm³/mol. The average Bonchev–Trinajstić information content (AvgIpc) is 2.27. The van der Waals surface area contributed by atoms with E-state index in [1.165, 1.54) is 0 Å². The Bertz CT molecular complexity index is 393. The molecule has 2 atom stereocenters. The largest absolute Gasteiger partial charge is 0.389 e. The molecular formula is C14H19ClF3N. The molecule has 1 aromatic carbocycles. The van der Waals surface area contributed by atoms with Gasteiger partial charge in [0.25, 0.3) is 0 Å². The molecule has 0 aliphatic heterocycles. The van der Waals surface area contributed by atoms with Crippen molar-refractivity contribution < 1.29 is 13.2 Å². The van der Waals surface area contributed by atoms with Crippen LogP contribution in [0.1, 0.15) is 44.7 Å². The van der Waals surface area contributed by atoms with E-state index >= 15 is 0 Å². The van der Waals surface area contributed by atoms with Crippen LogP contribution < -0.4 is 5.32 Å². The minimum absolute atomic E-state index is 0.0219. The molecule has 1 aromatic rings. The lowest BCUT2D eigenvalue weighted by atomic mass is 10.1.